The molecule has 53 heavy (non-hydrogen) atoms. The van der Waals surface area contributed by atoms with E-state index in [1.165, 1.54) is 72.4 Å². The lowest BCUT2D eigenvalue weighted by Crippen LogP contribution is -2.28. The first-order chi connectivity index (χ1) is 26.1. The van der Waals surface area contributed by atoms with Gasteiger partial charge in [-0.15, -0.1) is 0 Å². The van der Waals surface area contributed by atoms with Crippen LogP contribution in [0.2, 0.25) is 0 Å². The summed E-state index contributed by atoms with van der Waals surface area (Å²) < 4.78 is 0. The number of hydrogen-bond donors (Lipinski definition) is 0. The molecule has 1 nitrogen and oxygen atoms in total. The van der Waals surface area contributed by atoms with Crippen LogP contribution in [0, 0.1) is 0 Å². The van der Waals surface area contributed by atoms with Crippen molar-refractivity contribution in [1.82, 2.24) is 0 Å². The molecule has 8 aromatic rings. The molecule has 0 heterocycles. The molecule has 0 amide bonds. The number of rotatable bonds is 6. The maximum absolute atomic E-state index is 2.47. The molecule has 0 saturated heterocycles. The number of fused-ring (bicyclic) bond motifs is 6. The van der Waals surface area contributed by atoms with Crippen LogP contribution in [0.3, 0.4) is 0 Å². The Bertz CT molecular complexity index is 2570. The van der Waals surface area contributed by atoms with Crippen molar-refractivity contribution in [3.05, 3.63) is 234 Å². The molecular weight excluding hydrogens is 639 g/mol. The summed E-state index contributed by atoms with van der Waals surface area (Å²) >= 11 is 0. The molecule has 0 bridgehead atoms. The second-order valence-corrected chi connectivity index (χ2v) is 14.9. The zero-order valence-electron chi connectivity index (χ0n) is 30.0. The zero-order chi connectivity index (χ0) is 35.6. The van der Waals surface area contributed by atoms with Crippen molar-refractivity contribution < 1.29 is 0 Å². The van der Waals surface area contributed by atoms with E-state index >= 15 is 0 Å². The summed E-state index contributed by atoms with van der Waals surface area (Å²) in [6, 6.07) is 73.8. The van der Waals surface area contributed by atoms with E-state index in [-0.39, 0.29) is 5.41 Å². The topological polar surface area (TPSA) is 3.24 Å². The SMILES string of the molecule is CC1(C)c2ccccc2-c2cccc(N(c3ccc(-c4ccccc4)cc3)c3ccc(C4(c5ccccc5)c5ccccc5-c5ccccc54)cc3)c21. The Kier molecular flexibility index (Phi) is 7.13. The van der Waals surface area contributed by atoms with Gasteiger partial charge < -0.3 is 4.90 Å². The lowest BCUT2D eigenvalue weighted by Gasteiger charge is -2.35. The van der Waals surface area contributed by atoms with Gasteiger partial charge in [-0.25, -0.2) is 0 Å². The third-order valence-electron chi connectivity index (χ3n) is 11.7. The van der Waals surface area contributed by atoms with Crippen molar-refractivity contribution in [3.63, 3.8) is 0 Å². The number of nitrogens with zero attached hydrogens (tertiary/aromatic N) is 1. The van der Waals surface area contributed by atoms with E-state index in [2.05, 4.69) is 219 Å². The third-order valence-corrected chi connectivity index (χ3v) is 11.7. The quantitative estimate of drug-likeness (QED) is 0.169. The summed E-state index contributed by atoms with van der Waals surface area (Å²) in [7, 11) is 0. The van der Waals surface area contributed by atoms with Crippen LogP contribution in [0.1, 0.15) is 47.2 Å². The van der Waals surface area contributed by atoms with Gasteiger partial charge in [-0.2, -0.15) is 0 Å². The van der Waals surface area contributed by atoms with Gasteiger partial charge in [-0.05, 0) is 97.1 Å². The summed E-state index contributed by atoms with van der Waals surface area (Å²) in [5.41, 5.74) is 18.5. The van der Waals surface area contributed by atoms with Crippen molar-refractivity contribution in [2.24, 2.45) is 0 Å². The minimum Gasteiger partial charge on any atom is -0.310 e. The third kappa shape index (κ3) is 4.64. The van der Waals surface area contributed by atoms with Gasteiger partial charge in [-0.3, -0.25) is 0 Å². The molecule has 0 fully saturated rings. The highest BCUT2D eigenvalue weighted by Gasteiger charge is 2.46. The van der Waals surface area contributed by atoms with Crippen LogP contribution in [-0.2, 0) is 10.8 Å². The standard InChI is InChI=1S/C52H39N/c1-51(2)46-24-12-9-22-44(46)45-23-15-27-49(50(45)51)53(40-32-28-37(29-33-40)36-16-5-3-6-17-36)41-34-30-39(31-35-41)52(38-18-7-4-8-19-38)47-25-13-10-20-42(47)43-21-11-14-26-48(43)52/h3-35H,1-2H3. The van der Waals surface area contributed by atoms with Gasteiger partial charge in [0.05, 0.1) is 11.1 Å². The van der Waals surface area contributed by atoms with E-state index in [0.717, 1.165) is 11.4 Å². The van der Waals surface area contributed by atoms with E-state index in [1.54, 1.807) is 0 Å². The summed E-state index contributed by atoms with van der Waals surface area (Å²) in [6.45, 7) is 4.75. The molecule has 0 unspecified atom stereocenters. The molecule has 0 N–H and O–H groups in total. The molecule has 252 valence electrons. The minimum absolute atomic E-state index is 0.167. The Morgan fingerprint density at radius 3 is 1.38 bits per heavy atom. The van der Waals surface area contributed by atoms with Crippen LogP contribution in [0.25, 0.3) is 33.4 Å². The predicted octanol–water partition coefficient (Wildman–Crippen LogP) is 13.5. The van der Waals surface area contributed by atoms with Gasteiger partial charge >= 0.3 is 0 Å². The first-order valence-corrected chi connectivity index (χ1v) is 18.6. The molecule has 0 aromatic heterocycles. The van der Waals surface area contributed by atoms with Gasteiger partial charge in [0.25, 0.3) is 0 Å². The van der Waals surface area contributed by atoms with Gasteiger partial charge in [0.15, 0.2) is 0 Å². The highest BCUT2D eigenvalue weighted by atomic mass is 15.1. The maximum Gasteiger partial charge on any atom is 0.0713 e. The van der Waals surface area contributed by atoms with Crippen molar-refractivity contribution >= 4 is 17.1 Å². The first-order valence-electron chi connectivity index (χ1n) is 18.6. The largest absolute Gasteiger partial charge is 0.310 e. The average Bonchev–Trinajstić information content (AvgIpc) is 3.66. The van der Waals surface area contributed by atoms with Crippen LogP contribution in [0.15, 0.2) is 200 Å². The van der Waals surface area contributed by atoms with Gasteiger partial charge in [0, 0.05) is 16.8 Å². The summed E-state index contributed by atoms with van der Waals surface area (Å²) in [5.74, 6) is 0. The van der Waals surface area contributed by atoms with Crippen LogP contribution in [0.5, 0.6) is 0 Å². The highest BCUT2D eigenvalue weighted by Crippen LogP contribution is 2.57. The molecule has 1 heteroatoms. The van der Waals surface area contributed by atoms with Crippen LogP contribution >= 0.6 is 0 Å². The highest BCUT2D eigenvalue weighted by molar-refractivity contribution is 5.91. The minimum atomic E-state index is -0.438. The Labute approximate surface area is 312 Å². The molecule has 2 aliphatic carbocycles. The van der Waals surface area contributed by atoms with Crippen molar-refractivity contribution in [2.45, 2.75) is 24.7 Å². The molecule has 10 rings (SSSR count). The van der Waals surface area contributed by atoms with Crippen LogP contribution < -0.4 is 4.90 Å². The smallest absolute Gasteiger partial charge is 0.0713 e. The molecule has 0 saturated carbocycles. The monoisotopic (exact) mass is 677 g/mol. The van der Waals surface area contributed by atoms with Crippen molar-refractivity contribution in [1.29, 1.82) is 0 Å². The molecule has 0 aliphatic heterocycles. The van der Waals surface area contributed by atoms with E-state index < -0.39 is 5.41 Å². The van der Waals surface area contributed by atoms with E-state index in [0.29, 0.717) is 0 Å². The van der Waals surface area contributed by atoms with Gasteiger partial charge in [-0.1, -0.05) is 184 Å². The van der Waals surface area contributed by atoms with Crippen LogP contribution in [-0.4, -0.2) is 0 Å². The second-order valence-electron chi connectivity index (χ2n) is 14.9. The van der Waals surface area contributed by atoms with Gasteiger partial charge in [0.2, 0.25) is 0 Å². The van der Waals surface area contributed by atoms with E-state index in [9.17, 15) is 0 Å². The van der Waals surface area contributed by atoms with Crippen molar-refractivity contribution in [2.75, 3.05) is 4.90 Å². The van der Waals surface area contributed by atoms with Crippen LogP contribution in [0.4, 0.5) is 17.1 Å². The average molecular weight is 678 g/mol. The lowest BCUT2D eigenvalue weighted by atomic mass is 9.67. The molecule has 0 radical (unpaired) electrons. The molecule has 0 atom stereocenters. The molecule has 8 aromatic carbocycles. The molecular formula is C52H39N. The molecule has 0 spiro atoms. The first kappa shape index (κ1) is 31.3. The summed E-state index contributed by atoms with van der Waals surface area (Å²) in [5, 5.41) is 0. The second kappa shape index (κ2) is 12.1. The number of anilines is 3. The summed E-state index contributed by atoms with van der Waals surface area (Å²) in [6.07, 6.45) is 0. The van der Waals surface area contributed by atoms with Gasteiger partial charge in [0.1, 0.15) is 0 Å². The Balaban J connectivity index is 1.18. The molecule has 2 aliphatic rings. The maximum atomic E-state index is 2.47. The Morgan fingerprint density at radius 1 is 0.340 bits per heavy atom. The predicted molar refractivity (Wildman–Crippen MR) is 221 cm³/mol. The fourth-order valence-corrected chi connectivity index (χ4v) is 9.44. The van der Waals surface area contributed by atoms with E-state index in [1.807, 2.05) is 0 Å². The Morgan fingerprint density at radius 2 is 0.774 bits per heavy atom. The number of hydrogen-bond acceptors (Lipinski definition) is 1. The number of benzene rings is 8. The lowest BCUT2D eigenvalue weighted by molar-refractivity contribution is 0.661. The fraction of sp³-hybridized carbons (Fsp3) is 0.0769. The van der Waals surface area contributed by atoms with Crippen molar-refractivity contribution in [3.8, 4) is 33.4 Å². The Hall–Kier alpha value is -6.44. The van der Waals surface area contributed by atoms with E-state index in [4.69, 9.17) is 0 Å². The summed E-state index contributed by atoms with van der Waals surface area (Å²) in [4.78, 5) is 2.47. The normalized spacial score (nSPS) is 14.2. The fourth-order valence-electron chi connectivity index (χ4n) is 9.44. The zero-order valence-corrected chi connectivity index (χ0v) is 30.0.